The van der Waals surface area contributed by atoms with Crippen LogP contribution in [0.1, 0.15) is 5.56 Å². The molecule has 0 atom stereocenters. The Labute approximate surface area is 91.8 Å². The van der Waals surface area contributed by atoms with Gasteiger partial charge in [0, 0.05) is 0 Å². The van der Waals surface area contributed by atoms with Gasteiger partial charge in [0.25, 0.3) is 20.2 Å². The van der Waals surface area contributed by atoms with E-state index >= 15 is 0 Å². The van der Waals surface area contributed by atoms with E-state index in [9.17, 15) is 21.9 Å². The van der Waals surface area contributed by atoms with E-state index in [0.29, 0.717) is 0 Å². The van der Waals surface area contributed by atoms with Crippen LogP contribution >= 0.6 is 0 Å². The molecule has 9 heteroatoms. The van der Waals surface area contributed by atoms with E-state index in [1.807, 2.05) is 0 Å². The molecule has 0 bridgehead atoms. The summed E-state index contributed by atoms with van der Waals surface area (Å²) >= 11 is 0. The van der Waals surface area contributed by atoms with Crippen molar-refractivity contribution in [1.82, 2.24) is 0 Å². The summed E-state index contributed by atoms with van der Waals surface area (Å²) in [6.45, 7) is 1.25. The van der Waals surface area contributed by atoms with E-state index in [0.717, 1.165) is 12.1 Å². The van der Waals surface area contributed by atoms with Crippen LogP contribution in [0.2, 0.25) is 0 Å². The normalized spacial score (nSPS) is 12.7. The molecule has 0 saturated heterocycles. The first-order valence-electron chi connectivity index (χ1n) is 3.82. The molecular formula is C7H8O7S2. The van der Waals surface area contributed by atoms with Crippen LogP contribution in [0.4, 0.5) is 0 Å². The van der Waals surface area contributed by atoms with Gasteiger partial charge in [0.05, 0.1) is 0 Å². The molecule has 0 radical (unpaired) electrons. The average molecular weight is 268 g/mol. The maximum absolute atomic E-state index is 10.9. The summed E-state index contributed by atoms with van der Waals surface area (Å²) in [6.07, 6.45) is 0. The Kier molecular flexibility index (Phi) is 2.98. The fourth-order valence-electron chi connectivity index (χ4n) is 1.19. The zero-order valence-electron chi connectivity index (χ0n) is 7.95. The van der Waals surface area contributed by atoms with Crippen LogP contribution in [0.5, 0.6) is 5.75 Å². The minimum Gasteiger partial charge on any atom is -0.505 e. The highest BCUT2D eigenvalue weighted by atomic mass is 32.2. The standard InChI is InChI=1S/C7H8O7S2/c1-4-2-3-5(15(9,10)11)6(8)7(4)16(12,13)14/h2-3,8H,1H3,(H,9,10,11)(H,12,13,14). The third kappa shape index (κ3) is 2.32. The molecule has 0 spiro atoms. The van der Waals surface area contributed by atoms with Crippen molar-refractivity contribution in [2.45, 2.75) is 16.7 Å². The molecule has 0 aliphatic rings. The molecule has 7 nitrogen and oxygen atoms in total. The Hall–Kier alpha value is -1.16. The van der Waals surface area contributed by atoms with Gasteiger partial charge in [0.1, 0.15) is 9.79 Å². The zero-order chi connectivity index (χ0) is 12.7. The number of hydrogen-bond acceptors (Lipinski definition) is 5. The number of phenols is 1. The van der Waals surface area contributed by atoms with Gasteiger partial charge in [0.15, 0.2) is 5.75 Å². The second-order valence-electron chi connectivity index (χ2n) is 3.01. The molecule has 1 aromatic carbocycles. The summed E-state index contributed by atoms with van der Waals surface area (Å²) in [4.78, 5) is -1.92. The molecule has 0 aliphatic heterocycles. The van der Waals surface area contributed by atoms with Gasteiger partial charge in [0.2, 0.25) is 0 Å². The topological polar surface area (TPSA) is 129 Å². The molecule has 0 aliphatic carbocycles. The summed E-state index contributed by atoms with van der Waals surface area (Å²) < 4.78 is 60.7. The lowest BCUT2D eigenvalue weighted by Crippen LogP contribution is -2.06. The first-order chi connectivity index (χ1) is 7.05. The highest BCUT2D eigenvalue weighted by Gasteiger charge is 2.26. The van der Waals surface area contributed by atoms with E-state index in [2.05, 4.69) is 0 Å². The number of benzene rings is 1. The number of aryl methyl sites for hydroxylation is 1. The van der Waals surface area contributed by atoms with E-state index in [4.69, 9.17) is 9.11 Å². The van der Waals surface area contributed by atoms with Crippen molar-refractivity contribution in [3.05, 3.63) is 17.7 Å². The highest BCUT2D eigenvalue weighted by Crippen LogP contribution is 2.32. The molecule has 0 unspecified atom stereocenters. The first kappa shape index (κ1) is 12.9. The smallest absolute Gasteiger partial charge is 0.298 e. The van der Waals surface area contributed by atoms with Crippen molar-refractivity contribution in [2.75, 3.05) is 0 Å². The SMILES string of the molecule is Cc1ccc(S(=O)(=O)O)c(O)c1S(=O)(=O)O. The molecule has 0 heterocycles. The third-order valence-corrected chi connectivity index (χ3v) is 3.74. The van der Waals surface area contributed by atoms with Gasteiger partial charge >= 0.3 is 0 Å². The lowest BCUT2D eigenvalue weighted by Gasteiger charge is -2.08. The largest absolute Gasteiger partial charge is 0.505 e. The molecule has 0 aromatic heterocycles. The zero-order valence-corrected chi connectivity index (χ0v) is 9.58. The maximum atomic E-state index is 10.9. The maximum Gasteiger partial charge on any atom is 0.298 e. The number of aromatic hydroxyl groups is 1. The van der Waals surface area contributed by atoms with Crippen LogP contribution in [0, 0.1) is 6.92 Å². The fraction of sp³-hybridized carbons (Fsp3) is 0.143. The van der Waals surface area contributed by atoms with Crippen molar-refractivity contribution in [2.24, 2.45) is 0 Å². The Bertz CT molecular complexity index is 627. The van der Waals surface area contributed by atoms with Crippen molar-refractivity contribution in [3.8, 4) is 5.75 Å². The minimum atomic E-state index is -4.77. The van der Waals surface area contributed by atoms with Gasteiger partial charge in [-0.05, 0) is 18.6 Å². The fourth-order valence-corrected chi connectivity index (χ4v) is 2.67. The Morgan fingerprint density at radius 1 is 1.00 bits per heavy atom. The van der Waals surface area contributed by atoms with Gasteiger partial charge in [-0.2, -0.15) is 16.8 Å². The van der Waals surface area contributed by atoms with E-state index < -0.39 is 35.8 Å². The Balaban J connectivity index is 3.79. The van der Waals surface area contributed by atoms with Crippen molar-refractivity contribution >= 4 is 20.2 Å². The lowest BCUT2D eigenvalue weighted by molar-refractivity contribution is 0.422. The van der Waals surface area contributed by atoms with Gasteiger partial charge in [-0.3, -0.25) is 9.11 Å². The molecule has 16 heavy (non-hydrogen) atoms. The van der Waals surface area contributed by atoms with Crippen molar-refractivity contribution in [3.63, 3.8) is 0 Å². The lowest BCUT2D eigenvalue weighted by atomic mass is 10.2. The van der Waals surface area contributed by atoms with Crippen LogP contribution in [0.15, 0.2) is 21.9 Å². The first-order valence-corrected chi connectivity index (χ1v) is 6.70. The Morgan fingerprint density at radius 2 is 1.50 bits per heavy atom. The molecule has 90 valence electrons. The van der Waals surface area contributed by atoms with Crippen molar-refractivity contribution in [1.29, 1.82) is 0 Å². The molecule has 1 rings (SSSR count). The summed E-state index contributed by atoms with van der Waals surface area (Å²) in [6, 6.07) is 1.86. The third-order valence-electron chi connectivity index (χ3n) is 1.83. The number of hydrogen-bond donors (Lipinski definition) is 3. The predicted octanol–water partition coefficient (Wildman–Crippen LogP) is 0.194. The number of rotatable bonds is 2. The Morgan fingerprint density at radius 3 is 1.88 bits per heavy atom. The van der Waals surface area contributed by atoms with Crippen LogP contribution in [0.25, 0.3) is 0 Å². The minimum absolute atomic E-state index is 0.0487. The summed E-state index contributed by atoms with van der Waals surface area (Å²) in [5.74, 6) is -1.20. The van der Waals surface area contributed by atoms with Gasteiger partial charge in [-0.15, -0.1) is 0 Å². The molecule has 3 N–H and O–H groups in total. The number of phenolic OH excluding ortho intramolecular Hbond substituents is 1. The van der Waals surface area contributed by atoms with Crippen LogP contribution in [-0.2, 0) is 20.2 Å². The monoisotopic (exact) mass is 268 g/mol. The summed E-state index contributed by atoms with van der Waals surface area (Å²) in [5, 5.41) is 9.36. The van der Waals surface area contributed by atoms with E-state index in [1.54, 1.807) is 0 Å². The summed E-state index contributed by atoms with van der Waals surface area (Å²) in [7, 11) is -9.53. The van der Waals surface area contributed by atoms with E-state index in [-0.39, 0.29) is 5.56 Å². The predicted molar refractivity (Wildman–Crippen MR) is 52.5 cm³/mol. The van der Waals surface area contributed by atoms with Gasteiger partial charge < -0.3 is 5.11 Å². The van der Waals surface area contributed by atoms with E-state index in [1.165, 1.54) is 6.92 Å². The van der Waals surface area contributed by atoms with Gasteiger partial charge in [-0.1, -0.05) is 6.07 Å². The molecule has 0 amide bonds. The van der Waals surface area contributed by atoms with Crippen molar-refractivity contribution < 1.29 is 31.0 Å². The molecule has 0 fully saturated rings. The second kappa shape index (κ2) is 3.70. The molecule has 0 saturated carbocycles. The highest BCUT2D eigenvalue weighted by molar-refractivity contribution is 7.86. The van der Waals surface area contributed by atoms with Crippen LogP contribution in [0.3, 0.4) is 0 Å². The quantitative estimate of drug-likeness (QED) is 0.653. The van der Waals surface area contributed by atoms with Gasteiger partial charge in [-0.25, -0.2) is 0 Å². The summed E-state index contributed by atoms with van der Waals surface area (Å²) in [5.41, 5.74) is -0.0487. The van der Waals surface area contributed by atoms with Crippen LogP contribution in [-0.4, -0.2) is 31.0 Å². The van der Waals surface area contributed by atoms with Crippen LogP contribution < -0.4 is 0 Å². The second-order valence-corrected chi connectivity index (χ2v) is 5.76. The molecular weight excluding hydrogens is 260 g/mol. The average Bonchev–Trinajstić information content (AvgIpc) is 1.97. The molecule has 1 aromatic rings.